The monoisotopic (exact) mass is 235 g/mol. The molecule has 1 saturated heterocycles. The van der Waals surface area contributed by atoms with Gasteiger partial charge in [0.2, 0.25) is 0 Å². The number of hydrogen-bond donors (Lipinski definition) is 1. The first-order valence-corrected chi connectivity index (χ1v) is 6.68. The van der Waals surface area contributed by atoms with Crippen molar-refractivity contribution in [1.29, 1.82) is 0 Å². The van der Waals surface area contributed by atoms with Gasteiger partial charge in [-0.15, -0.1) is 0 Å². The lowest BCUT2D eigenvalue weighted by Gasteiger charge is -2.21. The number of nitrogens with two attached hydrogens (primary N) is 1. The number of nitrogen functional groups attached to an aromatic ring is 1. The molecule has 4 heteroatoms. The van der Waals surface area contributed by atoms with Gasteiger partial charge in [0.1, 0.15) is 11.6 Å². The molecule has 0 radical (unpaired) electrons. The molecule has 94 valence electrons. The number of fused-ring (bicyclic) bond motifs is 1. The number of nitrogens with zero attached hydrogens (tertiary/aromatic N) is 2. The van der Waals surface area contributed by atoms with Gasteiger partial charge in [-0.3, -0.25) is 0 Å². The van der Waals surface area contributed by atoms with Gasteiger partial charge >= 0.3 is 0 Å². The van der Waals surface area contributed by atoms with Crippen LogP contribution in [-0.2, 0) is 17.7 Å². The molecule has 17 heavy (non-hydrogen) atoms. The normalized spacial score (nSPS) is 25.8. The summed E-state index contributed by atoms with van der Waals surface area (Å²) < 4.78 is 7.63. The van der Waals surface area contributed by atoms with Crippen molar-refractivity contribution >= 4 is 5.82 Å². The lowest BCUT2D eigenvalue weighted by Crippen LogP contribution is -2.18. The van der Waals surface area contributed by atoms with Crippen LogP contribution in [0.15, 0.2) is 0 Å². The summed E-state index contributed by atoms with van der Waals surface area (Å²) in [6.07, 6.45) is 4.43. The number of ether oxygens (including phenoxy) is 1. The molecule has 2 N–H and O–H groups in total. The summed E-state index contributed by atoms with van der Waals surface area (Å²) in [5.41, 5.74) is 7.40. The van der Waals surface area contributed by atoms with Crippen molar-refractivity contribution in [1.82, 2.24) is 9.55 Å². The minimum Gasteiger partial charge on any atom is -0.384 e. The Morgan fingerprint density at radius 2 is 2.06 bits per heavy atom. The molecule has 1 fully saturated rings. The maximum Gasteiger partial charge on any atom is 0.127 e. The molecule has 2 aliphatic rings. The van der Waals surface area contributed by atoms with Gasteiger partial charge in [0, 0.05) is 32.1 Å². The molecule has 4 nitrogen and oxygen atoms in total. The molecule has 3 rings (SSSR count). The van der Waals surface area contributed by atoms with E-state index in [1.165, 1.54) is 12.2 Å². The summed E-state index contributed by atoms with van der Waals surface area (Å²) in [6, 6.07) is 0. The molecule has 0 spiro atoms. The SMILES string of the molecule is CC1CCn2c(nc(C3CCOCC3)c2N)C1. The van der Waals surface area contributed by atoms with Crippen molar-refractivity contribution in [3.8, 4) is 0 Å². The van der Waals surface area contributed by atoms with Gasteiger partial charge < -0.3 is 15.0 Å². The van der Waals surface area contributed by atoms with E-state index in [9.17, 15) is 0 Å². The lowest BCUT2D eigenvalue weighted by atomic mass is 9.96. The zero-order valence-corrected chi connectivity index (χ0v) is 10.5. The number of anilines is 1. The van der Waals surface area contributed by atoms with Gasteiger partial charge in [-0.1, -0.05) is 6.92 Å². The highest BCUT2D eigenvalue weighted by atomic mass is 16.5. The van der Waals surface area contributed by atoms with Crippen LogP contribution in [0.1, 0.15) is 43.6 Å². The maximum absolute atomic E-state index is 6.26. The van der Waals surface area contributed by atoms with Gasteiger partial charge in [0.05, 0.1) is 5.69 Å². The summed E-state index contributed by atoms with van der Waals surface area (Å²) >= 11 is 0. The molecular weight excluding hydrogens is 214 g/mol. The number of hydrogen-bond acceptors (Lipinski definition) is 3. The minimum absolute atomic E-state index is 0.511. The summed E-state index contributed by atoms with van der Waals surface area (Å²) in [6.45, 7) is 5.03. The predicted molar refractivity (Wildman–Crippen MR) is 66.9 cm³/mol. The van der Waals surface area contributed by atoms with E-state index < -0.39 is 0 Å². The molecule has 0 aromatic carbocycles. The second-order valence-electron chi connectivity index (χ2n) is 5.43. The van der Waals surface area contributed by atoms with E-state index >= 15 is 0 Å². The zero-order chi connectivity index (χ0) is 11.8. The molecule has 0 aliphatic carbocycles. The fourth-order valence-corrected chi connectivity index (χ4v) is 2.97. The smallest absolute Gasteiger partial charge is 0.127 e. The average molecular weight is 235 g/mol. The summed E-state index contributed by atoms with van der Waals surface area (Å²) in [7, 11) is 0. The third-order valence-corrected chi connectivity index (χ3v) is 4.10. The molecule has 1 unspecified atom stereocenters. The molecule has 0 saturated carbocycles. The largest absolute Gasteiger partial charge is 0.384 e. The van der Waals surface area contributed by atoms with E-state index in [4.69, 9.17) is 15.5 Å². The van der Waals surface area contributed by atoms with Crippen molar-refractivity contribution in [2.24, 2.45) is 5.92 Å². The fourth-order valence-electron chi connectivity index (χ4n) is 2.97. The van der Waals surface area contributed by atoms with E-state index in [0.29, 0.717) is 5.92 Å². The van der Waals surface area contributed by atoms with Crippen LogP contribution < -0.4 is 5.73 Å². The Kier molecular flexibility index (Phi) is 2.82. The second-order valence-corrected chi connectivity index (χ2v) is 5.43. The summed E-state index contributed by atoms with van der Waals surface area (Å²) in [5, 5.41) is 0. The molecule has 1 aromatic rings. The van der Waals surface area contributed by atoms with Gasteiger partial charge in [-0.25, -0.2) is 4.98 Å². The van der Waals surface area contributed by atoms with E-state index in [-0.39, 0.29) is 0 Å². The van der Waals surface area contributed by atoms with E-state index in [1.54, 1.807) is 0 Å². The van der Waals surface area contributed by atoms with E-state index in [0.717, 1.165) is 56.5 Å². The van der Waals surface area contributed by atoms with Crippen molar-refractivity contribution in [2.45, 2.75) is 45.1 Å². The Balaban J connectivity index is 1.90. The van der Waals surface area contributed by atoms with Gasteiger partial charge in [-0.2, -0.15) is 0 Å². The Labute approximate surface area is 102 Å². The molecular formula is C13H21N3O. The third kappa shape index (κ3) is 1.95. The molecule has 0 bridgehead atoms. The molecule has 1 aromatic heterocycles. The standard InChI is InChI=1S/C13H21N3O/c1-9-2-5-16-11(8-9)15-12(13(16)14)10-3-6-17-7-4-10/h9-10H,2-8,14H2,1H3. The second kappa shape index (κ2) is 4.33. The van der Waals surface area contributed by atoms with Crippen LogP contribution in [0.3, 0.4) is 0 Å². The first kappa shape index (κ1) is 11.1. The van der Waals surface area contributed by atoms with Crippen LogP contribution in [0.2, 0.25) is 0 Å². The van der Waals surface area contributed by atoms with Gasteiger partial charge in [0.15, 0.2) is 0 Å². The third-order valence-electron chi connectivity index (χ3n) is 4.10. The summed E-state index contributed by atoms with van der Waals surface area (Å²) in [4.78, 5) is 4.81. The fraction of sp³-hybridized carbons (Fsp3) is 0.769. The van der Waals surface area contributed by atoms with Crippen molar-refractivity contribution in [3.63, 3.8) is 0 Å². The van der Waals surface area contributed by atoms with Crippen LogP contribution >= 0.6 is 0 Å². The van der Waals surface area contributed by atoms with Crippen molar-refractivity contribution < 1.29 is 4.74 Å². The Morgan fingerprint density at radius 3 is 2.82 bits per heavy atom. The Hall–Kier alpha value is -1.03. The molecule has 2 aliphatic heterocycles. The minimum atomic E-state index is 0.511. The van der Waals surface area contributed by atoms with Gasteiger partial charge in [-0.05, 0) is 25.2 Å². The number of aromatic nitrogens is 2. The zero-order valence-electron chi connectivity index (χ0n) is 10.5. The highest BCUT2D eigenvalue weighted by Gasteiger charge is 2.26. The van der Waals surface area contributed by atoms with Crippen LogP contribution in [0.25, 0.3) is 0 Å². The average Bonchev–Trinajstić information content (AvgIpc) is 2.67. The predicted octanol–water partition coefficient (Wildman–Crippen LogP) is 1.94. The van der Waals surface area contributed by atoms with Crippen molar-refractivity contribution in [2.75, 3.05) is 18.9 Å². The van der Waals surface area contributed by atoms with Gasteiger partial charge in [0.25, 0.3) is 0 Å². The van der Waals surface area contributed by atoms with Crippen LogP contribution in [0, 0.1) is 5.92 Å². The summed E-state index contributed by atoms with van der Waals surface area (Å²) in [5.74, 6) is 3.37. The van der Waals surface area contributed by atoms with Crippen LogP contribution in [0.5, 0.6) is 0 Å². The molecule has 0 amide bonds. The van der Waals surface area contributed by atoms with Crippen LogP contribution in [-0.4, -0.2) is 22.8 Å². The first-order valence-electron chi connectivity index (χ1n) is 6.68. The number of rotatable bonds is 1. The van der Waals surface area contributed by atoms with E-state index in [1.807, 2.05) is 0 Å². The Morgan fingerprint density at radius 1 is 1.29 bits per heavy atom. The maximum atomic E-state index is 6.26. The Bertz CT molecular complexity index is 407. The quantitative estimate of drug-likeness (QED) is 0.809. The number of imidazole rings is 1. The molecule has 1 atom stereocenters. The first-order chi connectivity index (χ1) is 8.25. The lowest BCUT2D eigenvalue weighted by molar-refractivity contribution is 0.0847. The van der Waals surface area contributed by atoms with Crippen LogP contribution in [0.4, 0.5) is 5.82 Å². The molecule has 3 heterocycles. The topological polar surface area (TPSA) is 53.1 Å². The van der Waals surface area contributed by atoms with Crippen molar-refractivity contribution in [3.05, 3.63) is 11.5 Å². The van der Waals surface area contributed by atoms with E-state index in [2.05, 4.69) is 11.5 Å². The highest BCUT2D eigenvalue weighted by Crippen LogP contribution is 2.33. The highest BCUT2D eigenvalue weighted by molar-refractivity contribution is 5.41.